The van der Waals surface area contributed by atoms with Crippen LogP contribution in [-0.4, -0.2) is 9.55 Å². The fourth-order valence-electron chi connectivity index (χ4n) is 2.93. The van der Waals surface area contributed by atoms with Crippen LogP contribution >= 0.6 is 23.2 Å². The predicted molar refractivity (Wildman–Crippen MR) is 95.0 cm³/mol. The van der Waals surface area contributed by atoms with E-state index in [1.165, 1.54) is 0 Å². The molecule has 4 rings (SSSR count). The molecule has 2 heterocycles. The molecule has 0 aliphatic carbocycles. The van der Waals surface area contributed by atoms with E-state index in [1.807, 2.05) is 30.3 Å². The summed E-state index contributed by atoms with van der Waals surface area (Å²) in [7, 11) is 0. The molecule has 0 spiro atoms. The van der Waals surface area contributed by atoms with Gasteiger partial charge in [0.15, 0.2) is 0 Å². The van der Waals surface area contributed by atoms with Crippen LogP contribution < -0.4 is 5.56 Å². The molecule has 0 bridgehead atoms. The van der Waals surface area contributed by atoms with Gasteiger partial charge in [-0.15, -0.1) is 0 Å². The number of allylic oxidation sites excluding steroid dienone is 1. The lowest BCUT2D eigenvalue weighted by atomic mass is 10.1. The average Bonchev–Trinajstić information content (AvgIpc) is 2.93. The second-order valence-electron chi connectivity index (χ2n) is 5.51. The maximum atomic E-state index is 12.7. The van der Waals surface area contributed by atoms with Gasteiger partial charge in [0.25, 0.3) is 5.56 Å². The summed E-state index contributed by atoms with van der Waals surface area (Å²) in [5, 5.41) is 1.31. The van der Waals surface area contributed by atoms with Gasteiger partial charge in [0.2, 0.25) is 0 Å². The van der Waals surface area contributed by atoms with Crippen molar-refractivity contribution < 1.29 is 0 Å². The molecule has 1 aliphatic heterocycles. The molecule has 0 amide bonds. The molecule has 0 unspecified atom stereocenters. The lowest BCUT2D eigenvalue weighted by Crippen LogP contribution is -2.20. The van der Waals surface area contributed by atoms with E-state index < -0.39 is 0 Å². The van der Waals surface area contributed by atoms with Gasteiger partial charge in [-0.2, -0.15) is 0 Å². The van der Waals surface area contributed by atoms with Crippen LogP contribution in [-0.2, 0) is 6.54 Å². The van der Waals surface area contributed by atoms with Gasteiger partial charge in [0.1, 0.15) is 5.82 Å². The normalized spacial score (nSPS) is 15.3. The molecule has 0 N–H and O–H groups in total. The highest BCUT2D eigenvalue weighted by atomic mass is 35.5. The highest BCUT2D eigenvalue weighted by molar-refractivity contribution is 6.38. The van der Waals surface area contributed by atoms with Crippen molar-refractivity contribution in [2.75, 3.05) is 0 Å². The van der Waals surface area contributed by atoms with E-state index in [2.05, 4.69) is 11.1 Å². The number of aromatic nitrogens is 2. The van der Waals surface area contributed by atoms with Crippen molar-refractivity contribution in [3.05, 3.63) is 74.3 Å². The average molecular weight is 343 g/mol. The van der Waals surface area contributed by atoms with E-state index >= 15 is 0 Å². The van der Waals surface area contributed by atoms with Crippen LogP contribution in [0.15, 0.2) is 47.3 Å². The third-order valence-electron chi connectivity index (χ3n) is 4.01. The third kappa shape index (κ3) is 2.46. The van der Waals surface area contributed by atoms with Crippen LogP contribution in [0, 0.1) is 0 Å². The van der Waals surface area contributed by atoms with Crippen LogP contribution in [0.1, 0.15) is 17.8 Å². The molecule has 1 aliphatic rings. The highest BCUT2D eigenvalue weighted by Gasteiger charge is 2.22. The predicted octanol–water partition coefficient (Wildman–Crippen LogP) is 4.65. The van der Waals surface area contributed by atoms with E-state index in [1.54, 1.807) is 16.7 Å². The maximum absolute atomic E-state index is 12.7. The minimum atomic E-state index is -0.0918. The molecular formula is C18H12Cl2N2O. The molecule has 3 nitrogen and oxygen atoms in total. The quantitative estimate of drug-likeness (QED) is 0.645. The molecule has 2 aromatic carbocycles. The van der Waals surface area contributed by atoms with Gasteiger partial charge in [-0.1, -0.05) is 53.5 Å². The number of nitrogens with zero attached hydrogens (tertiary/aromatic N) is 2. The Morgan fingerprint density at radius 2 is 1.91 bits per heavy atom. The van der Waals surface area contributed by atoms with Crippen molar-refractivity contribution in [2.45, 2.75) is 13.0 Å². The van der Waals surface area contributed by atoms with Gasteiger partial charge in [-0.05, 0) is 35.8 Å². The molecular weight excluding hydrogens is 331 g/mol. The molecule has 1 aromatic heterocycles. The zero-order valence-electron chi connectivity index (χ0n) is 12.1. The Hall–Kier alpha value is -2.10. The number of fused-ring (bicyclic) bond motifs is 2. The lowest BCUT2D eigenvalue weighted by Gasteiger charge is -2.07. The van der Waals surface area contributed by atoms with Crippen molar-refractivity contribution in [1.29, 1.82) is 0 Å². The number of hydrogen-bond donors (Lipinski definition) is 0. The van der Waals surface area contributed by atoms with Gasteiger partial charge in [0.05, 0.1) is 15.9 Å². The minimum Gasteiger partial charge on any atom is -0.292 e. The van der Waals surface area contributed by atoms with E-state index in [9.17, 15) is 4.79 Å². The summed E-state index contributed by atoms with van der Waals surface area (Å²) in [5.41, 5.74) is 2.55. The molecule has 23 heavy (non-hydrogen) atoms. The second-order valence-corrected chi connectivity index (χ2v) is 6.35. The molecule has 0 fully saturated rings. The Labute approximate surface area is 142 Å². The Bertz CT molecular complexity index is 1010. The molecule has 0 radical (unpaired) electrons. The Balaban J connectivity index is 1.96. The van der Waals surface area contributed by atoms with Gasteiger partial charge < -0.3 is 0 Å². The number of rotatable bonds is 1. The molecule has 0 atom stereocenters. The maximum Gasteiger partial charge on any atom is 0.261 e. The first kappa shape index (κ1) is 14.5. The summed E-state index contributed by atoms with van der Waals surface area (Å²) in [6.07, 6.45) is 2.85. The minimum absolute atomic E-state index is 0.0918. The Kier molecular flexibility index (Phi) is 3.47. The molecule has 3 aromatic rings. The monoisotopic (exact) mass is 342 g/mol. The molecule has 0 saturated heterocycles. The van der Waals surface area contributed by atoms with Crippen molar-refractivity contribution in [2.24, 2.45) is 0 Å². The second kappa shape index (κ2) is 5.52. The summed E-state index contributed by atoms with van der Waals surface area (Å²) < 4.78 is 1.70. The van der Waals surface area contributed by atoms with Gasteiger partial charge in [0, 0.05) is 11.6 Å². The summed E-state index contributed by atoms with van der Waals surface area (Å²) in [6, 6.07) is 13.3. The summed E-state index contributed by atoms with van der Waals surface area (Å²) >= 11 is 12.2. The van der Waals surface area contributed by atoms with Gasteiger partial charge in [-0.25, -0.2) is 4.98 Å². The number of hydrogen-bond acceptors (Lipinski definition) is 2. The topological polar surface area (TPSA) is 34.9 Å². The van der Waals surface area contributed by atoms with Crippen molar-refractivity contribution in [3.8, 4) is 0 Å². The molecule has 114 valence electrons. The van der Waals surface area contributed by atoms with Crippen molar-refractivity contribution in [1.82, 2.24) is 9.55 Å². The van der Waals surface area contributed by atoms with Crippen LogP contribution in [0.2, 0.25) is 10.0 Å². The SMILES string of the molecule is O=c1c2cc(Cl)cc(Cl)c2nc2n1CC/C2=C/c1ccccc1. The first-order valence-corrected chi connectivity index (χ1v) is 8.04. The van der Waals surface area contributed by atoms with Crippen LogP contribution in [0.5, 0.6) is 0 Å². The van der Waals surface area contributed by atoms with Gasteiger partial charge in [-0.3, -0.25) is 9.36 Å². The van der Waals surface area contributed by atoms with Crippen molar-refractivity contribution in [3.63, 3.8) is 0 Å². The Morgan fingerprint density at radius 3 is 2.70 bits per heavy atom. The smallest absolute Gasteiger partial charge is 0.261 e. The lowest BCUT2D eigenvalue weighted by molar-refractivity contribution is 0.725. The number of halogens is 2. The highest BCUT2D eigenvalue weighted by Crippen LogP contribution is 2.30. The fraction of sp³-hybridized carbons (Fsp3) is 0.111. The zero-order chi connectivity index (χ0) is 16.0. The first-order chi connectivity index (χ1) is 11.1. The summed E-state index contributed by atoms with van der Waals surface area (Å²) in [4.78, 5) is 17.3. The summed E-state index contributed by atoms with van der Waals surface area (Å²) in [6.45, 7) is 0.625. The van der Waals surface area contributed by atoms with Gasteiger partial charge >= 0.3 is 0 Å². The summed E-state index contributed by atoms with van der Waals surface area (Å²) in [5.74, 6) is 0.690. The first-order valence-electron chi connectivity index (χ1n) is 7.29. The zero-order valence-corrected chi connectivity index (χ0v) is 13.6. The number of benzene rings is 2. The largest absolute Gasteiger partial charge is 0.292 e. The molecule has 5 heteroatoms. The van der Waals surface area contributed by atoms with E-state index in [0.717, 1.165) is 17.6 Å². The van der Waals surface area contributed by atoms with Crippen molar-refractivity contribution >= 4 is 45.8 Å². The standard InChI is InChI=1S/C18H12Cl2N2O/c19-13-9-14-16(15(20)10-13)21-17-12(6-7-22(17)18(14)23)8-11-4-2-1-3-5-11/h1-5,8-10H,6-7H2/b12-8-. The van der Waals surface area contributed by atoms with E-state index in [4.69, 9.17) is 23.2 Å². The van der Waals surface area contributed by atoms with E-state index in [-0.39, 0.29) is 5.56 Å². The van der Waals surface area contributed by atoms with Crippen LogP contribution in [0.4, 0.5) is 0 Å². The van der Waals surface area contributed by atoms with E-state index in [0.29, 0.717) is 33.3 Å². The van der Waals surface area contributed by atoms with Crippen LogP contribution in [0.3, 0.4) is 0 Å². The third-order valence-corrected chi connectivity index (χ3v) is 4.52. The Morgan fingerprint density at radius 1 is 1.13 bits per heavy atom. The van der Waals surface area contributed by atoms with Crippen LogP contribution in [0.25, 0.3) is 22.6 Å². The molecule has 0 saturated carbocycles. The fourth-order valence-corrected chi connectivity index (χ4v) is 3.47.